The zero-order chi connectivity index (χ0) is 25.9. The summed E-state index contributed by atoms with van der Waals surface area (Å²) < 4.78 is 10.9. The molecule has 1 saturated heterocycles. The van der Waals surface area contributed by atoms with E-state index in [1.165, 1.54) is 0 Å². The first-order chi connectivity index (χ1) is 17.1. The van der Waals surface area contributed by atoms with Crippen molar-refractivity contribution in [1.82, 2.24) is 15.3 Å². The maximum atomic E-state index is 13.0. The molecule has 2 N–H and O–H groups in total. The summed E-state index contributed by atoms with van der Waals surface area (Å²) in [4.78, 5) is 48.7. The van der Waals surface area contributed by atoms with Crippen LogP contribution in [0, 0.1) is 6.92 Å². The van der Waals surface area contributed by atoms with E-state index in [0.717, 1.165) is 18.4 Å². The summed E-state index contributed by atoms with van der Waals surface area (Å²) in [5, 5.41) is 5.89. The Kier molecular flexibility index (Phi) is 7.23. The quantitative estimate of drug-likeness (QED) is 0.548. The van der Waals surface area contributed by atoms with Gasteiger partial charge in [0.1, 0.15) is 11.6 Å². The molecule has 3 heterocycles. The molecular weight excluding hydrogens is 462 g/mol. The standard InChI is InChI=1S/C26H31N5O5/c1-16-18(30-25(34)36-26(2,3)4)10-11-19-21(16)23(33)35-24(29-19)31-13-6-5-9-20(31)22(32)28-15-17-8-7-12-27-14-17/h7-8,10-12,14,20H,5-6,9,13,15H2,1-4H3,(H,28,32)(H,30,34)/t20-/m0/s1. The summed E-state index contributed by atoms with van der Waals surface area (Å²) in [7, 11) is 0. The molecule has 1 aromatic carbocycles. The molecule has 0 aliphatic carbocycles. The van der Waals surface area contributed by atoms with Crippen molar-refractivity contribution in [2.24, 2.45) is 0 Å². The molecule has 3 aromatic rings. The SMILES string of the molecule is Cc1c(NC(=O)OC(C)(C)C)ccc2nc(N3CCCC[C@H]3C(=O)NCc3cccnc3)oc(=O)c12. The summed E-state index contributed by atoms with van der Waals surface area (Å²) >= 11 is 0. The molecule has 190 valence electrons. The molecular formula is C26H31N5O5. The number of carbonyl (C=O) groups is 2. The third-order valence-electron chi connectivity index (χ3n) is 5.92. The smallest absolute Gasteiger partial charge is 0.412 e. The molecule has 1 atom stereocenters. The van der Waals surface area contributed by atoms with E-state index >= 15 is 0 Å². The van der Waals surface area contributed by atoms with Gasteiger partial charge in [0.05, 0.1) is 10.9 Å². The van der Waals surface area contributed by atoms with Crippen LogP contribution in [0.2, 0.25) is 0 Å². The number of aryl methyl sites for hydroxylation is 1. The van der Waals surface area contributed by atoms with Gasteiger partial charge in [-0.3, -0.25) is 15.1 Å². The van der Waals surface area contributed by atoms with Gasteiger partial charge in [0.2, 0.25) is 5.91 Å². The Morgan fingerprint density at radius 3 is 2.75 bits per heavy atom. The Morgan fingerprint density at radius 2 is 2.03 bits per heavy atom. The second-order valence-corrected chi connectivity index (χ2v) is 9.83. The van der Waals surface area contributed by atoms with Crippen LogP contribution in [0.1, 0.15) is 51.2 Å². The van der Waals surface area contributed by atoms with Crippen LogP contribution in [0.5, 0.6) is 0 Å². The average molecular weight is 494 g/mol. The lowest BCUT2D eigenvalue weighted by Crippen LogP contribution is -2.50. The van der Waals surface area contributed by atoms with Crippen molar-refractivity contribution in [1.29, 1.82) is 0 Å². The number of rotatable bonds is 5. The van der Waals surface area contributed by atoms with Crippen LogP contribution in [-0.4, -0.2) is 40.2 Å². The van der Waals surface area contributed by atoms with E-state index in [2.05, 4.69) is 20.6 Å². The number of nitrogens with one attached hydrogen (secondary N) is 2. The summed E-state index contributed by atoms with van der Waals surface area (Å²) in [6.07, 6.45) is 5.13. The lowest BCUT2D eigenvalue weighted by molar-refractivity contribution is -0.123. The predicted molar refractivity (Wildman–Crippen MR) is 136 cm³/mol. The van der Waals surface area contributed by atoms with Gasteiger partial charge in [-0.25, -0.2) is 9.59 Å². The predicted octanol–water partition coefficient (Wildman–Crippen LogP) is 3.91. The maximum Gasteiger partial charge on any atom is 0.412 e. The maximum absolute atomic E-state index is 13.0. The van der Waals surface area contributed by atoms with E-state index in [4.69, 9.17) is 9.15 Å². The monoisotopic (exact) mass is 493 g/mol. The number of hydrogen-bond donors (Lipinski definition) is 2. The molecule has 4 rings (SSSR count). The molecule has 0 unspecified atom stereocenters. The molecule has 0 radical (unpaired) electrons. The number of hydrogen-bond acceptors (Lipinski definition) is 8. The molecule has 1 aliphatic heterocycles. The Balaban J connectivity index is 1.57. The minimum Gasteiger partial charge on any atom is -0.444 e. The molecule has 1 aliphatic rings. The number of amides is 2. The molecule has 36 heavy (non-hydrogen) atoms. The fraction of sp³-hybridized carbons (Fsp3) is 0.423. The summed E-state index contributed by atoms with van der Waals surface area (Å²) in [6.45, 7) is 7.93. The minimum absolute atomic E-state index is 0.112. The van der Waals surface area contributed by atoms with E-state index in [-0.39, 0.29) is 17.3 Å². The van der Waals surface area contributed by atoms with Gasteiger partial charge in [0.25, 0.3) is 0 Å². The fourth-order valence-electron chi connectivity index (χ4n) is 4.22. The molecule has 0 bridgehead atoms. The molecule has 1 fully saturated rings. The zero-order valence-electron chi connectivity index (χ0n) is 21.0. The highest BCUT2D eigenvalue weighted by Gasteiger charge is 2.32. The van der Waals surface area contributed by atoms with Gasteiger partial charge in [-0.1, -0.05) is 6.07 Å². The van der Waals surface area contributed by atoms with E-state index in [9.17, 15) is 14.4 Å². The highest BCUT2D eigenvalue weighted by Crippen LogP contribution is 2.27. The second-order valence-electron chi connectivity index (χ2n) is 9.83. The average Bonchev–Trinajstić information content (AvgIpc) is 2.83. The van der Waals surface area contributed by atoms with Gasteiger partial charge in [-0.2, -0.15) is 4.98 Å². The van der Waals surface area contributed by atoms with Crippen molar-refractivity contribution < 1.29 is 18.7 Å². The first-order valence-electron chi connectivity index (χ1n) is 12.0. The first kappa shape index (κ1) is 25.2. The van der Waals surface area contributed by atoms with Crippen molar-refractivity contribution in [3.05, 3.63) is 58.2 Å². The van der Waals surface area contributed by atoms with Crippen LogP contribution < -0.4 is 21.2 Å². The van der Waals surface area contributed by atoms with Crippen molar-refractivity contribution in [3.63, 3.8) is 0 Å². The van der Waals surface area contributed by atoms with Crippen molar-refractivity contribution in [2.45, 2.75) is 65.1 Å². The first-order valence-corrected chi connectivity index (χ1v) is 12.0. The highest BCUT2D eigenvalue weighted by molar-refractivity contribution is 5.93. The van der Waals surface area contributed by atoms with Crippen LogP contribution in [0.25, 0.3) is 10.9 Å². The third-order valence-corrected chi connectivity index (χ3v) is 5.92. The number of carbonyl (C=O) groups excluding carboxylic acids is 2. The molecule has 2 aromatic heterocycles. The lowest BCUT2D eigenvalue weighted by Gasteiger charge is -2.34. The second kappa shape index (κ2) is 10.3. The van der Waals surface area contributed by atoms with Crippen molar-refractivity contribution in [2.75, 3.05) is 16.8 Å². The van der Waals surface area contributed by atoms with E-state index in [0.29, 0.717) is 36.3 Å². The van der Waals surface area contributed by atoms with Crippen molar-refractivity contribution >= 4 is 34.6 Å². The van der Waals surface area contributed by atoms with Gasteiger partial charge in [-0.05, 0) is 76.3 Å². The van der Waals surface area contributed by atoms with Crippen LogP contribution in [0.3, 0.4) is 0 Å². The number of ether oxygens (including phenoxy) is 1. The Morgan fingerprint density at radius 1 is 1.22 bits per heavy atom. The summed E-state index contributed by atoms with van der Waals surface area (Å²) in [5.74, 6) is -0.156. The Labute approximate surface area is 209 Å². The lowest BCUT2D eigenvalue weighted by atomic mass is 10.0. The third kappa shape index (κ3) is 5.81. The van der Waals surface area contributed by atoms with E-state index in [1.807, 2.05) is 12.1 Å². The number of benzene rings is 1. The fourth-order valence-corrected chi connectivity index (χ4v) is 4.22. The molecule has 0 saturated carbocycles. The molecule has 10 nitrogen and oxygen atoms in total. The van der Waals surface area contributed by atoms with Gasteiger partial charge in [0.15, 0.2) is 0 Å². The largest absolute Gasteiger partial charge is 0.444 e. The van der Waals surface area contributed by atoms with E-state index in [1.54, 1.807) is 57.1 Å². The van der Waals surface area contributed by atoms with Crippen LogP contribution in [0.15, 0.2) is 45.9 Å². The van der Waals surface area contributed by atoms with Crippen LogP contribution in [0.4, 0.5) is 16.5 Å². The van der Waals surface area contributed by atoms with Crippen LogP contribution >= 0.6 is 0 Å². The van der Waals surface area contributed by atoms with Gasteiger partial charge in [-0.15, -0.1) is 0 Å². The van der Waals surface area contributed by atoms with Gasteiger partial charge < -0.3 is 19.4 Å². The summed E-state index contributed by atoms with van der Waals surface area (Å²) in [6, 6.07) is 6.64. The van der Waals surface area contributed by atoms with Crippen molar-refractivity contribution in [3.8, 4) is 0 Å². The van der Waals surface area contributed by atoms with Gasteiger partial charge in [0, 0.05) is 31.2 Å². The number of piperidine rings is 1. The Hall–Kier alpha value is -3.95. The van der Waals surface area contributed by atoms with E-state index < -0.39 is 23.4 Å². The zero-order valence-corrected chi connectivity index (χ0v) is 21.0. The number of anilines is 2. The topological polar surface area (TPSA) is 127 Å². The minimum atomic E-state index is -0.653. The Bertz CT molecular complexity index is 1320. The number of nitrogens with zero attached hydrogens (tertiary/aromatic N) is 3. The number of aromatic nitrogens is 2. The van der Waals surface area contributed by atoms with Crippen LogP contribution in [-0.2, 0) is 16.1 Å². The molecule has 10 heteroatoms. The van der Waals surface area contributed by atoms with Gasteiger partial charge >= 0.3 is 17.7 Å². The number of pyridine rings is 1. The molecule has 2 amide bonds. The normalized spacial score (nSPS) is 16.0. The summed E-state index contributed by atoms with van der Waals surface area (Å²) in [5.41, 5.74) is 1.04. The highest BCUT2D eigenvalue weighted by atomic mass is 16.6. The number of fused-ring (bicyclic) bond motifs is 1. The molecule has 0 spiro atoms.